The zero-order valence-electron chi connectivity index (χ0n) is 17.4. The number of ether oxygens (including phenoxy) is 1. The van der Waals surface area contributed by atoms with Crippen LogP contribution in [0.2, 0.25) is 0 Å². The van der Waals surface area contributed by atoms with Gasteiger partial charge in [0.2, 0.25) is 0 Å². The van der Waals surface area contributed by atoms with E-state index < -0.39 is 5.60 Å². The largest absolute Gasteiger partial charge is 0.444 e. The molecule has 1 saturated heterocycles. The van der Waals surface area contributed by atoms with Crippen LogP contribution in [0.3, 0.4) is 0 Å². The van der Waals surface area contributed by atoms with Crippen LogP contribution >= 0.6 is 24.0 Å². The summed E-state index contributed by atoms with van der Waals surface area (Å²) in [6.45, 7) is 11.4. The number of hydrogen-bond donors (Lipinski definition) is 2. The van der Waals surface area contributed by atoms with E-state index in [1.165, 1.54) is 0 Å². The van der Waals surface area contributed by atoms with E-state index >= 15 is 0 Å². The molecule has 0 aromatic carbocycles. The number of piperidine rings is 1. The summed E-state index contributed by atoms with van der Waals surface area (Å²) in [5.74, 6) is 1.32. The lowest BCUT2D eigenvalue weighted by Gasteiger charge is -2.33. The molecule has 0 aliphatic carbocycles. The highest BCUT2D eigenvalue weighted by molar-refractivity contribution is 14.0. The van der Waals surface area contributed by atoms with Gasteiger partial charge in [-0.3, -0.25) is 4.98 Å². The van der Waals surface area contributed by atoms with Crippen molar-refractivity contribution < 1.29 is 9.53 Å². The molecule has 8 heteroatoms. The van der Waals surface area contributed by atoms with Gasteiger partial charge in [0, 0.05) is 32.4 Å². The molecule has 2 rings (SSSR count). The highest BCUT2D eigenvalue weighted by atomic mass is 127. The number of pyridine rings is 1. The number of nitrogens with zero attached hydrogens (tertiary/aromatic N) is 3. The summed E-state index contributed by atoms with van der Waals surface area (Å²) < 4.78 is 5.45. The van der Waals surface area contributed by atoms with Crippen LogP contribution < -0.4 is 10.6 Å². The molecule has 0 unspecified atom stereocenters. The molecule has 1 aromatic heterocycles. The first kappa shape index (κ1) is 24.5. The van der Waals surface area contributed by atoms with Gasteiger partial charge in [0.25, 0.3) is 0 Å². The summed E-state index contributed by atoms with van der Waals surface area (Å²) in [6, 6.07) is 5.84. The standard InChI is InChI=1S/C20H33N5O2.HI/c1-5-21-18(24-15-17-8-6-7-11-22-17)23-14-16-9-12-25(13-10-16)19(26)27-20(2,3)4;/h6-8,11,16H,5,9-10,12-15H2,1-4H3,(H2,21,23,24);1H. The number of aromatic nitrogens is 1. The highest BCUT2D eigenvalue weighted by Gasteiger charge is 2.26. The van der Waals surface area contributed by atoms with Crippen molar-refractivity contribution >= 4 is 36.0 Å². The van der Waals surface area contributed by atoms with E-state index in [0.717, 1.165) is 50.7 Å². The van der Waals surface area contributed by atoms with Gasteiger partial charge in [-0.05, 0) is 58.6 Å². The fraction of sp³-hybridized carbons (Fsp3) is 0.650. The Morgan fingerprint density at radius 2 is 2.00 bits per heavy atom. The van der Waals surface area contributed by atoms with Crippen LogP contribution in [0.15, 0.2) is 29.4 Å². The number of guanidine groups is 1. The number of aliphatic imine (C=N–C) groups is 1. The van der Waals surface area contributed by atoms with E-state index in [4.69, 9.17) is 4.74 Å². The molecule has 1 aromatic rings. The molecule has 1 aliphatic rings. The lowest BCUT2D eigenvalue weighted by molar-refractivity contribution is 0.0185. The summed E-state index contributed by atoms with van der Waals surface area (Å²) in [4.78, 5) is 22.9. The van der Waals surface area contributed by atoms with Crippen LogP contribution in [0.25, 0.3) is 0 Å². The molecule has 0 spiro atoms. The van der Waals surface area contributed by atoms with Crippen molar-refractivity contribution in [1.82, 2.24) is 20.5 Å². The Morgan fingerprint density at radius 3 is 2.57 bits per heavy atom. The van der Waals surface area contributed by atoms with Crippen LogP contribution in [0.5, 0.6) is 0 Å². The topological polar surface area (TPSA) is 78.9 Å². The van der Waals surface area contributed by atoms with E-state index in [9.17, 15) is 4.79 Å². The van der Waals surface area contributed by atoms with Crippen molar-refractivity contribution in [3.8, 4) is 0 Å². The molecule has 0 bridgehead atoms. The summed E-state index contributed by atoms with van der Waals surface area (Å²) in [5.41, 5.74) is 0.501. The minimum atomic E-state index is -0.444. The van der Waals surface area contributed by atoms with Crippen LogP contribution in [-0.2, 0) is 11.3 Å². The maximum Gasteiger partial charge on any atom is 0.410 e. The quantitative estimate of drug-likeness (QED) is 0.366. The molecule has 0 saturated carbocycles. The van der Waals surface area contributed by atoms with E-state index in [-0.39, 0.29) is 30.1 Å². The molecule has 7 nitrogen and oxygen atoms in total. The predicted molar refractivity (Wildman–Crippen MR) is 123 cm³/mol. The van der Waals surface area contributed by atoms with Crippen LogP contribution in [0.1, 0.15) is 46.2 Å². The second-order valence-corrected chi connectivity index (χ2v) is 7.81. The average Bonchev–Trinajstić information content (AvgIpc) is 2.64. The zero-order chi connectivity index (χ0) is 19.7. The monoisotopic (exact) mass is 503 g/mol. The van der Waals surface area contributed by atoms with Crippen molar-refractivity contribution in [3.63, 3.8) is 0 Å². The first-order chi connectivity index (χ1) is 12.9. The fourth-order valence-electron chi connectivity index (χ4n) is 2.88. The molecular formula is C20H34IN5O2. The van der Waals surface area contributed by atoms with Crippen molar-refractivity contribution in [2.24, 2.45) is 10.9 Å². The van der Waals surface area contributed by atoms with Gasteiger partial charge in [-0.1, -0.05) is 6.07 Å². The molecular weight excluding hydrogens is 469 g/mol. The van der Waals surface area contributed by atoms with E-state index in [2.05, 4.69) is 27.5 Å². The zero-order valence-corrected chi connectivity index (χ0v) is 19.7. The third kappa shape index (κ3) is 9.07. The maximum absolute atomic E-state index is 12.1. The lowest BCUT2D eigenvalue weighted by atomic mass is 9.97. The molecule has 2 heterocycles. The summed E-state index contributed by atoms with van der Waals surface area (Å²) >= 11 is 0. The molecule has 1 aliphatic heterocycles. The molecule has 28 heavy (non-hydrogen) atoms. The van der Waals surface area contributed by atoms with Gasteiger partial charge in [0.15, 0.2) is 5.96 Å². The Kier molecular flexibility index (Phi) is 10.6. The van der Waals surface area contributed by atoms with Crippen molar-refractivity contribution in [3.05, 3.63) is 30.1 Å². The molecule has 2 N–H and O–H groups in total. The third-order valence-electron chi connectivity index (χ3n) is 4.29. The van der Waals surface area contributed by atoms with Gasteiger partial charge < -0.3 is 20.3 Å². The van der Waals surface area contributed by atoms with Crippen LogP contribution in [0.4, 0.5) is 4.79 Å². The van der Waals surface area contributed by atoms with Crippen LogP contribution in [-0.4, -0.2) is 53.7 Å². The summed E-state index contributed by atoms with van der Waals surface area (Å²) in [5, 5.41) is 6.69. The number of nitrogens with one attached hydrogen (secondary N) is 2. The Hall–Kier alpha value is -1.58. The molecule has 0 atom stereocenters. The highest BCUT2D eigenvalue weighted by Crippen LogP contribution is 2.19. The Bertz CT molecular complexity index is 611. The van der Waals surface area contributed by atoms with Gasteiger partial charge in [0.05, 0.1) is 12.2 Å². The van der Waals surface area contributed by atoms with Crippen molar-refractivity contribution in [1.29, 1.82) is 0 Å². The fourth-order valence-corrected chi connectivity index (χ4v) is 2.88. The van der Waals surface area contributed by atoms with E-state index in [0.29, 0.717) is 12.5 Å². The van der Waals surface area contributed by atoms with Crippen molar-refractivity contribution in [2.45, 2.75) is 52.7 Å². The van der Waals surface area contributed by atoms with Gasteiger partial charge in [-0.2, -0.15) is 0 Å². The van der Waals surface area contributed by atoms with Gasteiger partial charge in [0.1, 0.15) is 5.60 Å². The number of rotatable bonds is 5. The van der Waals surface area contributed by atoms with E-state index in [1.807, 2.05) is 43.9 Å². The number of likely N-dealkylation sites (tertiary alicyclic amines) is 1. The number of amides is 1. The number of carbonyl (C=O) groups is 1. The lowest BCUT2D eigenvalue weighted by Crippen LogP contribution is -2.45. The van der Waals surface area contributed by atoms with Gasteiger partial charge >= 0.3 is 6.09 Å². The Labute approximate surface area is 185 Å². The third-order valence-corrected chi connectivity index (χ3v) is 4.29. The summed E-state index contributed by atoms with van der Waals surface area (Å²) in [7, 11) is 0. The Morgan fingerprint density at radius 1 is 1.29 bits per heavy atom. The molecule has 1 fully saturated rings. The smallest absolute Gasteiger partial charge is 0.410 e. The number of halogens is 1. The normalized spacial score (nSPS) is 15.6. The minimum Gasteiger partial charge on any atom is -0.444 e. The molecule has 0 radical (unpaired) electrons. The molecule has 158 valence electrons. The second kappa shape index (κ2) is 12.1. The van der Waals surface area contributed by atoms with Gasteiger partial charge in [-0.15, -0.1) is 24.0 Å². The van der Waals surface area contributed by atoms with E-state index in [1.54, 1.807) is 6.20 Å². The summed E-state index contributed by atoms with van der Waals surface area (Å²) in [6.07, 6.45) is 3.50. The van der Waals surface area contributed by atoms with Gasteiger partial charge in [-0.25, -0.2) is 9.79 Å². The number of carbonyl (C=O) groups excluding carboxylic acids is 1. The first-order valence-electron chi connectivity index (χ1n) is 9.77. The predicted octanol–water partition coefficient (Wildman–Crippen LogP) is 3.40. The number of hydrogen-bond acceptors (Lipinski definition) is 4. The van der Waals surface area contributed by atoms with Crippen molar-refractivity contribution in [2.75, 3.05) is 26.2 Å². The Balaban J connectivity index is 0.00000392. The SMILES string of the molecule is CCNC(=NCc1ccccn1)NCC1CCN(C(=O)OC(C)(C)C)CC1.I. The maximum atomic E-state index is 12.1. The van der Waals surface area contributed by atoms with Crippen LogP contribution in [0, 0.1) is 5.92 Å². The molecule has 1 amide bonds. The minimum absolute atomic E-state index is 0. The first-order valence-corrected chi connectivity index (χ1v) is 9.77. The average molecular weight is 503 g/mol. The second-order valence-electron chi connectivity index (χ2n) is 7.81.